The molecule has 0 bridgehead atoms. The molecule has 10 rings (SSSR count). The van der Waals surface area contributed by atoms with Gasteiger partial charge in [-0.25, -0.2) is 0 Å². The second-order valence-electron chi connectivity index (χ2n) is 12.4. The van der Waals surface area contributed by atoms with E-state index in [1.807, 2.05) is 29.7 Å². The minimum atomic E-state index is 0.872. The Labute approximate surface area is 286 Å². The molecule has 0 aliphatic carbocycles. The fourth-order valence-corrected chi connectivity index (χ4v) is 8.37. The summed E-state index contributed by atoms with van der Waals surface area (Å²) in [5.74, 6) is 0. The number of para-hydroxylation sites is 1. The summed E-state index contributed by atoms with van der Waals surface area (Å²) >= 11 is 1.83. The maximum absolute atomic E-state index is 6.32. The summed E-state index contributed by atoms with van der Waals surface area (Å²) in [5.41, 5.74) is 10.7. The number of hydrogen-bond donors (Lipinski definition) is 0. The molecule has 0 fully saturated rings. The summed E-state index contributed by atoms with van der Waals surface area (Å²) in [5, 5.41) is 5.96. The molecule has 3 aromatic heterocycles. The van der Waals surface area contributed by atoms with Crippen molar-refractivity contribution in [3.05, 3.63) is 170 Å². The minimum absolute atomic E-state index is 0.872. The molecule has 49 heavy (non-hydrogen) atoms. The van der Waals surface area contributed by atoms with Gasteiger partial charge >= 0.3 is 0 Å². The average molecular weight is 645 g/mol. The van der Waals surface area contributed by atoms with Crippen molar-refractivity contribution in [2.24, 2.45) is 0 Å². The van der Waals surface area contributed by atoms with Gasteiger partial charge in [0.15, 0.2) is 0 Å². The van der Waals surface area contributed by atoms with Crippen molar-refractivity contribution in [2.75, 3.05) is 4.90 Å². The number of anilines is 3. The Morgan fingerprint density at radius 1 is 0.490 bits per heavy atom. The lowest BCUT2D eigenvalue weighted by molar-refractivity contribution is 0.669. The summed E-state index contributed by atoms with van der Waals surface area (Å²) in [7, 11) is 0. The predicted molar refractivity (Wildman–Crippen MR) is 207 cm³/mol. The van der Waals surface area contributed by atoms with E-state index in [0.717, 1.165) is 55.6 Å². The predicted octanol–water partition coefficient (Wildman–Crippen LogP) is 13.3. The maximum Gasteiger partial charge on any atom is 0.137 e. The first-order chi connectivity index (χ1) is 24.3. The van der Waals surface area contributed by atoms with E-state index >= 15 is 0 Å². The van der Waals surface area contributed by atoms with Crippen LogP contribution in [0.3, 0.4) is 0 Å². The molecule has 0 amide bonds. The van der Waals surface area contributed by atoms with Crippen molar-refractivity contribution in [3.63, 3.8) is 0 Å². The van der Waals surface area contributed by atoms with Gasteiger partial charge in [0.05, 0.1) is 21.3 Å². The fourth-order valence-electron chi connectivity index (χ4n) is 7.14. The van der Waals surface area contributed by atoms with E-state index in [-0.39, 0.29) is 0 Å². The van der Waals surface area contributed by atoms with E-state index in [9.17, 15) is 0 Å². The normalized spacial score (nSPS) is 11.7. The van der Waals surface area contributed by atoms with Crippen LogP contribution in [0, 0.1) is 0 Å². The first-order valence-corrected chi connectivity index (χ1v) is 17.3. The SMILES string of the molecule is c1ccc(-c2ccc(N(c3ccc(-c4cnc5c(c4)sc4c6ccccc6ccc54)cc3)c3cccc4oc5ccccc5c34)cc2)cc1. The van der Waals surface area contributed by atoms with Crippen LogP contribution < -0.4 is 4.90 Å². The van der Waals surface area contributed by atoms with E-state index in [4.69, 9.17) is 9.40 Å². The Hall–Kier alpha value is -6.23. The smallest absolute Gasteiger partial charge is 0.137 e. The molecule has 4 heteroatoms. The third kappa shape index (κ3) is 4.61. The number of hydrogen-bond acceptors (Lipinski definition) is 4. The number of benzene rings is 7. The van der Waals surface area contributed by atoms with Gasteiger partial charge in [0.2, 0.25) is 0 Å². The molecule has 10 aromatic rings. The second kappa shape index (κ2) is 11.2. The Balaban J connectivity index is 1.09. The molecule has 3 heterocycles. The Morgan fingerprint density at radius 3 is 1.94 bits per heavy atom. The average Bonchev–Trinajstić information content (AvgIpc) is 3.75. The molecule has 0 radical (unpaired) electrons. The lowest BCUT2D eigenvalue weighted by atomic mass is 10.0. The van der Waals surface area contributed by atoms with Crippen LogP contribution in [-0.4, -0.2) is 4.98 Å². The summed E-state index contributed by atoms with van der Waals surface area (Å²) in [6, 6.07) is 58.1. The van der Waals surface area contributed by atoms with Gasteiger partial charge in [-0.1, -0.05) is 115 Å². The molecule has 0 atom stereocenters. The molecule has 0 N–H and O–H groups in total. The van der Waals surface area contributed by atoms with Crippen molar-refractivity contribution in [3.8, 4) is 22.3 Å². The summed E-state index contributed by atoms with van der Waals surface area (Å²) in [6.07, 6.45) is 2.01. The van der Waals surface area contributed by atoms with Crippen molar-refractivity contribution in [1.29, 1.82) is 0 Å². The number of furan rings is 1. The Bertz CT molecular complexity index is 2810. The third-order valence-electron chi connectivity index (χ3n) is 9.51. The third-order valence-corrected chi connectivity index (χ3v) is 10.7. The number of thiophene rings is 1. The van der Waals surface area contributed by atoms with Gasteiger partial charge in [-0.2, -0.15) is 0 Å². The summed E-state index contributed by atoms with van der Waals surface area (Å²) in [4.78, 5) is 7.32. The van der Waals surface area contributed by atoms with Gasteiger partial charge in [-0.3, -0.25) is 4.98 Å². The summed E-state index contributed by atoms with van der Waals surface area (Å²) < 4.78 is 8.81. The number of pyridine rings is 1. The zero-order valence-electron chi connectivity index (χ0n) is 26.4. The monoisotopic (exact) mass is 644 g/mol. The molecule has 0 unspecified atom stereocenters. The topological polar surface area (TPSA) is 29.3 Å². The highest BCUT2D eigenvalue weighted by atomic mass is 32.1. The van der Waals surface area contributed by atoms with Gasteiger partial charge < -0.3 is 9.32 Å². The molecule has 0 saturated heterocycles. The van der Waals surface area contributed by atoms with Crippen LogP contribution in [0.1, 0.15) is 0 Å². The van der Waals surface area contributed by atoms with E-state index in [1.54, 1.807) is 0 Å². The van der Waals surface area contributed by atoms with Crippen LogP contribution in [0.2, 0.25) is 0 Å². The van der Waals surface area contributed by atoms with Crippen molar-refractivity contribution in [2.45, 2.75) is 0 Å². The fraction of sp³-hybridized carbons (Fsp3) is 0. The molecule has 0 aliphatic heterocycles. The molecule has 0 saturated carbocycles. The van der Waals surface area contributed by atoms with Gasteiger partial charge in [0.1, 0.15) is 11.2 Å². The number of aromatic nitrogens is 1. The Morgan fingerprint density at radius 2 is 1.14 bits per heavy atom. The molecular formula is C45H28N2OS. The largest absolute Gasteiger partial charge is 0.456 e. The highest BCUT2D eigenvalue weighted by Gasteiger charge is 2.20. The Kier molecular flexibility index (Phi) is 6.36. The van der Waals surface area contributed by atoms with E-state index in [2.05, 4.69) is 157 Å². The van der Waals surface area contributed by atoms with Crippen molar-refractivity contribution >= 4 is 81.4 Å². The minimum Gasteiger partial charge on any atom is -0.456 e. The van der Waals surface area contributed by atoms with Crippen LogP contribution in [0.15, 0.2) is 174 Å². The van der Waals surface area contributed by atoms with E-state index in [0.29, 0.717) is 0 Å². The van der Waals surface area contributed by atoms with Crippen LogP contribution in [0.5, 0.6) is 0 Å². The van der Waals surface area contributed by atoms with E-state index in [1.165, 1.54) is 36.7 Å². The zero-order valence-corrected chi connectivity index (χ0v) is 27.2. The van der Waals surface area contributed by atoms with Crippen LogP contribution >= 0.6 is 11.3 Å². The van der Waals surface area contributed by atoms with E-state index < -0.39 is 0 Å². The van der Waals surface area contributed by atoms with Gasteiger partial charge in [0, 0.05) is 38.6 Å². The van der Waals surface area contributed by atoms with Gasteiger partial charge in [-0.05, 0) is 76.0 Å². The van der Waals surface area contributed by atoms with Gasteiger partial charge in [-0.15, -0.1) is 11.3 Å². The number of rotatable bonds is 5. The molecule has 0 spiro atoms. The van der Waals surface area contributed by atoms with Crippen molar-refractivity contribution in [1.82, 2.24) is 4.98 Å². The maximum atomic E-state index is 6.32. The van der Waals surface area contributed by atoms with Crippen LogP contribution in [0.25, 0.3) is 75.3 Å². The first kappa shape index (κ1) is 27.8. The second-order valence-corrected chi connectivity index (χ2v) is 13.4. The highest BCUT2D eigenvalue weighted by molar-refractivity contribution is 7.26. The number of fused-ring (bicyclic) bond motifs is 8. The molecule has 0 aliphatic rings. The molecule has 3 nitrogen and oxygen atoms in total. The lowest BCUT2D eigenvalue weighted by Crippen LogP contribution is -2.10. The first-order valence-electron chi connectivity index (χ1n) is 16.4. The molecule has 230 valence electrons. The molecule has 7 aromatic carbocycles. The number of nitrogens with zero attached hydrogens (tertiary/aromatic N) is 2. The lowest BCUT2D eigenvalue weighted by Gasteiger charge is -2.26. The standard InChI is InChI=1S/C45H28N2OS/c1-2-9-29(10-3-1)30-17-22-34(23-18-30)47(39-14-8-16-41-43(39)37-13-6-7-15-40(37)48-41)35-24-19-31(20-25-35)33-27-42-44(46-28-33)38-26-21-32-11-4-5-12-36(32)45(38)49-42/h1-28H. The highest BCUT2D eigenvalue weighted by Crippen LogP contribution is 2.44. The van der Waals surface area contributed by atoms with Crippen LogP contribution in [-0.2, 0) is 0 Å². The van der Waals surface area contributed by atoms with Crippen LogP contribution in [0.4, 0.5) is 17.1 Å². The quantitative estimate of drug-likeness (QED) is 0.187. The molecular weight excluding hydrogens is 617 g/mol. The van der Waals surface area contributed by atoms with Gasteiger partial charge in [0.25, 0.3) is 0 Å². The van der Waals surface area contributed by atoms with Crippen molar-refractivity contribution < 1.29 is 4.42 Å². The zero-order chi connectivity index (χ0) is 32.3. The summed E-state index contributed by atoms with van der Waals surface area (Å²) in [6.45, 7) is 0.